The van der Waals surface area contributed by atoms with Crippen LogP contribution >= 0.6 is 0 Å². The molecule has 3 rings (SSSR count). The van der Waals surface area contributed by atoms with Crippen LogP contribution in [-0.4, -0.2) is 38.2 Å². The largest absolute Gasteiger partial charge is 0.376 e. The number of benzene rings is 2. The van der Waals surface area contributed by atoms with Gasteiger partial charge in [0.15, 0.2) is 5.96 Å². The van der Waals surface area contributed by atoms with Crippen LogP contribution in [0.4, 0.5) is 0 Å². The Bertz CT molecular complexity index is 786. The van der Waals surface area contributed by atoms with Crippen molar-refractivity contribution in [1.29, 1.82) is 0 Å². The fraction of sp³-hybridized carbons (Fsp3) is 0.364. The zero-order valence-electron chi connectivity index (χ0n) is 16.3. The van der Waals surface area contributed by atoms with Crippen molar-refractivity contribution in [3.8, 4) is 0 Å². The number of nitrogens with one attached hydrogen (secondary N) is 3. The number of hydrogen-bond donors (Lipinski definition) is 3. The van der Waals surface area contributed by atoms with Crippen molar-refractivity contribution in [3.63, 3.8) is 0 Å². The monoisotopic (exact) mass is 380 g/mol. The summed E-state index contributed by atoms with van der Waals surface area (Å²) in [6.45, 7) is 2.65. The number of hydrogen-bond acceptors (Lipinski definition) is 3. The molecular weight excluding hydrogens is 352 g/mol. The summed E-state index contributed by atoms with van der Waals surface area (Å²) in [6.07, 6.45) is 2.23. The highest BCUT2D eigenvalue weighted by molar-refractivity contribution is 5.94. The van der Waals surface area contributed by atoms with Crippen LogP contribution in [0.15, 0.2) is 59.6 Å². The zero-order valence-corrected chi connectivity index (χ0v) is 16.3. The molecule has 1 aliphatic rings. The maximum atomic E-state index is 12.4. The highest BCUT2D eigenvalue weighted by atomic mass is 16.5. The van der Waals surface area contributed by atoms with Gasteiger partial charge in [0.2, 0.25) is 0 Å². The second kappa shape index (κ2) is 10.5. The predicted octanol–water partition coefficient (Wildman–Crippen LogP) is 2.46. The minimum absolute atomic E-state index is 0.0658. The molecule has 1 heterocycles. The maximum absolute atomic E-state index is 12.4. The van der Waals surface area contributed by atoms with Crippen LogP contribution in [0.3, 0.4) is 0 Å². The second-order valence-corrected chi connectivity index (χ2v) is 6.81. The summed E-state index contributed by atoms with van der Waals surface area (Å²) < 4.78 is 5.55. The van der Waals surface area contributed by atoms with Gasteiger partial charge in [-0.25, -0.2) is 0 Å². The lowest BCUT2D eigenvalue weighted by Crippen LogP contribution is -2.36. The lowest BCUT2D eigenvalue weighted by molar-refractivity contribution is 0.0857. The fourth-order valence-electron chi connectivity index (χ4n) is 3.12. The van der Waals surface area contributed by atoms with Gasteiger partial charge in [-0.05, 0) is 36.1 Å². The second-order valence-electron chi connectivity index (χ2n) is 6.81. The molecule has 0 spiro atoms. The first-order valence-corrected chi connectivity index (χ1v) is 9.72. The molecule has 1 unspecified atom stereocenters. The minimum Gasteiger partial charge on any atom is -0.376 e. The van der Waals surface area contributed by atoms with Gasteiger partial charge in [0.05, 0.1) is 6.10 Å². The average Bonchev–Trinajstić information content (AvgIpc) is 3.27. The fourth-order valence-corrected chi connectivity index (χ4v) is 3.12. The van der Waals surface area contributed by atoms with Crippen molar-refractivity contribution in [1.82, 2.24) is 16.0 Å². The molecule has 3 N–H and O–H groups in total. The van der Waals surface area contributed by atoms with Crippen molar-refractivity contribution in [2.24, 2.45) is 4.99 Å². The molecule has 0 radical (unpaired) electrons. The third-order valence-electron chi connectivity index (χ3n) is 4.69. The summed E-state index contributed by atoms with van der Waals surface area (Å²) in [7, 11) is 1.75. The maximum Gasteiger partial charge on any atom is 0.251 e. The SMILES string of the molecule is CN=C(NCc1ccccc1)NCc1cccc(C(=O)NCC2CCCO2)c1. The smallest absolute Gasteiger partial charge is 0.251 e. The van der Waals surface area contributed by atoms with Gasteiger partial charge < -0.3 is 20.7 Å². The molecule has 1 saturated heterocycles. The van der Waals surface area contributed by atoms with E-state index in [4.69, 9.17) is 4.74 Å². The van der Waals surface area contributed by atoms with Gasteiger partial charge in [-0.1, -0.05) is 42.5 Å². The molecule has 28 heavy (non-hydrogen) atoms. The predicted molar refractivity (Wildman–Crippen MR) is 111 cm³/mol. The minimum atomic E-state index is -0.0658. The van der Waals surface area contributed by atoms with E-state index in [-0.39, 0.29) is 12.0 Å². The first-order valence-electron chi connectivity index (χ1n) is 9.72. The molecule has 0 aliphatic carbocycles. The molecule has 6 nitrogen and oxygen atoms in total. The Morgan fingerprint density at radius 3 is 2.50 bits per heavy atom. The molecule has 0 saturated carbocycles. The van der Waals surface area contributed by atoms with Crippen molar-refractivity contribution in [2.75, 3.05) is 20.2 Å². The Balaban J connectivity index is 1.48. The van der Waals surface area contributed by atoms with E-state index < -0.39 is 0 Å². The standard InChI is InChI=1S/C22H28N4O2/c1-23-22(25-14-17-7-3-2-4-8-17)26-15-18-9-5-10-19(13-18)21(27)24-16-20-11-6-12-28-20/h2-5,7-10,13,20H,6,11-12,14-16H2,1H3,(H,24,27)(H2,23,25,26). The molecule has 2 aromatic rings. The van der Waals surface area contributed by atoms with Crippen LogP contribution in [0, 0.1) is 0 Å². The Morgan fingerprint density at radius 2 is 1.79 bits per heavy atom. The summed E-state index contributed by atoms with van der Waals surface area (Å²) in [5.74, 6) is 0.654. The van der Waals surface area contributed by atoms with Gasteiger partial charge in [-0.15, -0.1) is 0 Å². The lowest BCUT2D eigenvalue weighted by Gasteiger charge is -2.13. The summed E-state index contributed by atoms with van der Waals surface area (Å²) in [6, 6.07) is 17.8. The van der Waals surface area contributed by atoms with Crippen LogP contribution in [0.2, 0.25) is 0 Å². The third-order valence-corrected chi connectivity index (χ3v) is 4.69. The highest BCUT2D eigenvalue weighted by Crippen LogP contribution is 2.11. The summed E-state index contributed by atoms with van der Waals surface area (Å²) in [4.78, 5) is 16.6. The van der Waals surface area contributed by atoms with Crippen molar-refractivity contribution < 1.29 is 9.53 Å². The van der Waals surface area contributed by atoms with Crippen LogP contribution in [-0.2, 0) is 17.8 Å². The molecule has 0 bridgehead atoms. The molecule has 1 amide bonds. The molecule has 148 valence electrons. The molecule has 1 aliphatic heterocycles. The normalized spacial score (nSPS) is 16.6. The van der Waals surface area contributed by atoms with Gasteiger partial charge in [0.25, 0.3) is 5.91 Å². The Kier molecular flexibility index (Phi) is 7.44. The Labute approximate surface area is 166 Å². The zero-order chi connectivity index (χ0) is 19.6. The lowest BCUT2D eigenvalue weighted by atomic mass is 10.1. The number of rotatable bonds is 7. The number of nitrogens with zero attached hydrogens (tertiary/aromatic N) is 1. The first-order chi connectivity index (χ1) is 13.7. The first kappa shape index (κ1) is 19.9. The van der Waals surface area contributed by atoms with E-state index in [0.29, 0.717) is 25.2 Å². The number of aliphatic imine (C=N–C) groups is 1. The Morgan fingerprint density at radius 1 is 1.04 bits per heavy atom. The molecular formula is C22H28N4O2. The number of ether oxygens (including phenoxy) is 1. The number of guanidine groups is 1. The third kappa shape index (κ3) is 6.09. The number of carbonyl (C=O) groups excluding carboxylic acids is 1. The summed E-state index contributed by atoms with van der Waals surface area (Å²) >= 11 is 0. The van der Waals surface area contributed by atoms with E-state index in [1.807, 2.05) is 42.5 Å². The van der Waals surface area contributed by atoms with E-state index in [9.17, 15) is 4.79 Å². The van der Waals surface area contributed by atoms with Gasteiger partial charge >= 0.3 is 0 Å². The van der Waals surface area contributed by atoms with Crippen LogP contribution < -0.4 is 16.0 Å². The summed E-state index contributed by atoms with van der Waals surface area (Å²) in [5, 5.41) is 9.54. The Hall–Kier alpha value is -2.86. The topological polar surface area (TPSA) is 74.8 Å². The number of amides is 1. The van der Waals surface area contributed by atoms with Gasteiger partial charge in [0.1, 0.15) is 0 Å². The quantitative estimate of drug-likeness (QED) is 0.510. The number of carbonyl (C=O) groups is 1. The van der Waals surface area contributed by atoms with E-state index in [1.165, 1.54) is 5.56 Å². The van der Waals surface area contributed by atoms with Crippen LogP contribution in [0.25, 0.3) is 0 Å². The summed E-state index contributed by atoms with van der Waals surface area (Å²) in [5.41, 5.74) is 2.87. The van der Waals surface area contributed by atoms with Crippen LogP contribution in [0.5, 0.6) is 0 Å². The van der Waals surface area contributed by atoms with E-state index >= 15 is 0 Å². The van der Waals surface area contributed by atoms with E-state index in [2.05, 4.69) is 33.1 Å². The van der Waals surface area contributed by atoms with Crippen LogP contribution in [0.1, 0.15) is 34.3 Å². The van der Waals surface area contributed by atoms with Gasteiger partial charge in [-0.2, -0.15) is 0 Å². The van der Waals surface area contributed by atoms with Crippen molar-refractivity contribution in [3.05, 3.63) is 71.3 Å². The molecule has 1 fully saturated rings. The van der Waals surface area contributed by atoms with Crippen molar-refractivity contribution in [2.45, 2.75) is 32.0 Å². The molecule has 2 aromatic carbocycles. The average molecular weight is 380 g/mol. The van der Waals surface area contributed by atoms with Gasteiger partial charge in [0, 0.05) is 38.9 Å². The van der Waals surface area contributed by atoms with Crippen molar-refractivity contribution >= 4 is 11.9 Å². The van der Waals surface area contributed by atoms with E-state index in [1.54, 1.807) is 7.05 Å². The molecule has 0 aromatic heterocycles. The molecule has 6 heteroatoms. The van der Waals surface area contributed by atoms with E-state index in [0.717, 1.165) is 31.0 Å². The van der Waals surface area contributed by atoms with Gasteiger partial charge in [-0.3, -0.25) is 9.79 Å². The highest BCUT2D eigenvalue weighted by Gasteiger charge is 2.16. The molecule has 1 atom stereocenters.